The Morgan fingerprint density at radius 1 is 1.33 bits per heavy atom. The number of H-pyrrole nitrogens is 1. The minimum absolute atomic E-state index is 0.174. The first-order chi connectivity index (χ1) is 11.7. The summed E-state index contributed by atoms with van der Waals surface area (Å²) in [5.74, 6) is 0.336. The Morgan fingerprint density at radius 2 is 2.21 bits per heavy atom. The first kappa shape index (κ1) is 15.8. The Balaban J connectivity index is 1.58. The van der Waals surface area contributed by atoms with E-state index in [1.54, 1.807) is 36.7 Å². The fourth-order valence-corrected chi connectivity index (χ4v) is 2.55. The zero-order chi connectivity index (χ0) is 16.9. The Morgan fingerprint density at radius 3 is 3.04 bits per heavy atom. The van der Waals surface area contributed by atoms with Crippen molar-refractivity contribution in [2.24, 2.45) is 0 Å². The monoisotopic (exact) mass is 339 g/mol. The number of rotatable bonds is 5. The Bertz CT molecular complexity index is 928. The van der Waals surface area contributed by atoms with Crippen molar-refractivity contribution < 1.29 is 4.79 Å². The molecular formula is C17H14ClN5O. The minimum Gasteiger partial charge on any atom is -0.367 e. The second-order valence-corrected chi connectivity index (χ2v) is 5.52. The first-order valence-electron chi connectivity index (χ1n) is 7.33. The van der Waals surface area contributed by atoms with E-state index < -0.39 is 0 Å². The fourth-order valence-electron chi connectivity index (χ4n) is 2.37. The van der Waals surface area contributed by atoms with Gasteiger partial charge in [0.2, 0.25) is 0 Å². The van der Waals surface area contributed by atoms with Crippen LogP contribution in [0.4, 0.5) is 5.82 Å². The van der Waals surface area contributed by atoms with E-state index in [9.17, 15) is 4.79 Å². The van der Waals surface area contributed by atoms with Gasteiger partial charge < -0.3 is 15.6 Å². The van der Waals surface area contributed by atoms with Crippen LogP contribution in [-0.4, -0.2) is 29.0 Å². The summed E-state index contributed by atoms with van der Waals surface area (Å²) < 4.78 is 0. The molecule has 1 amide bonds. The van der Waals surface area contributed by atoms with Crippen molar-refractivity contribution in [2.45, 2.75) is 0 Å². The van der Waals surface area contributed by atoms with Gasteiger partial charge in [-0.3, -0.25) is 4.79 Å². The van der Waals surface area contributed by atoms with Gasteiger partial charge in [-0.25, -0.2) is 4.98 Å². The van der Waals surface area contributed by atoms with Crippen LogP contribution in [0.2, 0.25) is 5.02 Å². The van der Waals surface area contributed by atoms with Crippen molar-refractivity contribution in [3.8, 4) is 6.07 Å². The average molecular weight is 340 g/mol. The maximum Gasteiger partial charge on any atom is 0.253 e. The summed E-state index contributed by atoms with van der Waals surface area (Å²) >= 11 is 5.94. The number of benzene rings is 1. The molecule has 3 N–H and O–H groups in total. The van der Waals surface area contributed by atoms with Crippen LogP contribution in [0.1, 0.15) is 15.9 Å². The Hall–Kier alpha value is -3.04. The standard InChI is InChI=1S/C17H14ClN5O/c18-12-3-4-13-14(10-23-15(13)8-12)17(24)22-7-6-21-16-11(9-19)2-1-5-20-16/h1-5,8,10,23H,6-7H2,(H,20,21)(H,22,24). The number of halogens is 1. The molecule has 0 aliphatic rings. The van der Waals surface area contributed by atoms with E-state index in [4.69, 9.17) is 16.9 Å². The number of pyridine rings is 1. The molecule has 0 fully saturated rings. The lowest BCUT2D eigenvalue weighted by Gasteiger charge is -2.08. The number of anilines is 1. The van der Waals surface area contributed by atoms with Crippen LogP contribution in [-0.2, 0) is 0 Å². The van der Waals surface area contributed by atoms with Gasteiger partial charge in [-0.15, -0.1) is 0 Å². The largest absolute Gasteiger partial charge is 0.367 e. The lowest BCUT2D eigenvalue weighted by atomic mass is 10.1. The molecule has 0 atom stereocenters. The predicted octanol–water partition coefficient (Wildman–Crippen LogP) is 2.93. The molecule has 2 heterocycles. The number of fused-ring (bicyclic) bond motifs is 1. The summed E-state index contributed by atoms with van der Waals surface area (Å²) in [6.45, 7) is 0.867. The molecular weight excluding hydrogens is 326 g/mol. The molecule has 2 aromatic heterocycles. The number of nitrogens with one attached hydrogen (secondary N) is 3. The molecule has 0 spiro atoms. The van der Waals surface area contributed by atoms with Crippen LogP contribution in [0.15, 0.2) is 42.7 Å². The SMILES string of the molecule is N#Cc1cccnc1NCCNC(=O)c1c[nH]c2cc(Cl)ccc12. The highest BCUT2D eigenvalue weighted by Gasteiger charge is 2.11. The van der Waals surface area contributed by atoms with Crippen molar-refractivity contribution in [1.82, 2.24) is 15.3 Å². The number of hydrogen-bond acceptors (Lipinski definition) is 4. The van der Waals surface area contributed by atoms with Gasteiger partial charge in [-0.1, -0.05) is 17.7 Å². The topological polar surface area (TPSA) is 93.6 Å². The lowest BCUT2D eigenvalue weighted by molar-refractivity contribution is 0.0957. The molecule has 0 aliphatic carbocycles. The van der Waals surface area contributed by atoms with Gasteiger partial charge in [0.05, 0.1) is 11.1 Å². The normalized spacial score (nSPS) is 10.3. The molecule has 0 saturated carbocycles. The van der Waals surface area contributed by atoms with Crippen LogP contribution >= 0.6 is 11.6 Å². The number of amides is 1. The third-order valence-electron chi connectivity index (χ3n) is 3.52. The summed E-state index contributed by atoms with van der Waals surface area (Å²) in [5, 5.41) is 16.3. The molecule has 0 bridgehead atoms. The van der Waals surface area contributed by atoms with Gasteiger partial charge in [0.15, 0.2) is 0 Å². The Labute approximate surface area is 143 Å². The van der Waals surface area contributed by atoms with Crippen LogP contribution in [0.25, 0.3) is 10.9 Å². The summed E-state index contributed by atoms with van der Waals surface area (Å²) in [6.07, 6.45) is 3.27. The van der Waals surface area contributed by atoms with Gasteiger partial charge in [-0.05, 0) is 24.3 Å². The first-order valence-corrected chi connectivity index (χ1v) is 7.70. The molecule has 6 nitrogen and oxygen atoms in total. The molecule has 3 rings (SSSR count). The van der Waals surface area contributed by atoms with Gasteiger partial charge in [-0.2, -0.15) is 5.26 Å². The van der Waals surface area contributed by atoms with E-state index in [1.165, 1.54) is 0 Å². The van der Waals surface area contributed by atoms with Gasteiger partial charge in [0, 0.05) is 41.4 Å². The van der Waals surface area contributed by atoms with Crippen molar-refractivity contribution in [1.29, 1.82) is 5.26 Å². The van der Waals surface area contributed by atoms with Crippen LogP contribution in [0.3, 0.4) is 0 Å². The molecule has 120 valence electrons. The van der Waals surface area contributed by atoms with Gasteiger partial charge in [0.1, 0.15) is 11.9 Å². The second kappa shape index (κ2) is 7.02. The number of carbonyl (C=O) groups is 1. The van der Waals surface area contributed by atoms with Gasteiger partial charge in [0.25, 0.3) is 5.91 Å². The zero-order valence-electron chi connectivity index (χ0n) is 12.6. The third-order valence-corrected chi connectivity index (χ3v) is 3.75. The molecule has 0 radical (unpaired) electrons. The highest BCUT2D eigenvalue weighted by atomic mass is 35.5. The molecule has 0 aliphatic heterocycles. The minimum atomic E-state index is -0.174. The number of carbonyl (C=O) groups excluding carboxylic acids is 1. The van der Waals surface area contributed by atoms with E-state index in [0.717, 1.165) is 10.9 Å². The number of aromatic amines is 1. The molecule has 1 aromatic carbocycles. The number of hydrogen-bond donors (Lipinski definition) is 3. The maximum absolute atomic E-state index is 12.3. The molecule has 24 heavy (non-hydrogen) atoms. The average Bonchev–Trinajstić information content (AvgIpc) is 3.01. The summed E-state index contributed by atoms with van der Waals surface area (Å²) in [6, 6.07) is 10.8. The number of nitrogens with zero attached hydrogens (tertiary/aromatic N) is 2. The second-order valence-electron chi connectivity index (χ2n) is 5.09. The highest BCUT2D eigenvalue weighted by Crippen LogP contribution is 2.21. The summed E-state index contributed by atoms with van der Waals surface area (Å²) in [4.78, 5) is 19.4. The van der Waals surface area contributed by atoms with Crippen molar-refractivity contribution in [3.63, 3.8) is 0 Å². The quantitative estimate of drug-likeness (QED) is 0.623. The number of aromatic nitrogens is 2. The van der Waals surface area contributed by atoms with Crippen LogP contribution < -0.4 is 10.6 Å². The molecule has 7 heteroatoms. The molecule has 0 saturated heterocycles. The maximum atomic E-state index is 12.3. The fraction of sp³-hybridized carbons (Fsp3) is 0.118. The van der Waals surface area contributed by atoms with E-state index in [0.29, 0.717) is 35.1 Å². The number of nitriles is 1. The third kappa shape index (κ3) is 3.31. The highest BCUT2D eigenvalue weighted by molar-refractivity contribution is 6.31. The smallest absolute Gasteiger partial charge is 0.253 e. The summed E-state index contributed by atoms with van der Waals surface area (Å²) in [7, 11) is 0. The van der Waals surface area contributed by atoms with Crippen molar-refractivity contribution in [2.75, 3.05) is 18.4 Å². The lowest BCUT2D eigenvalue weighted by Crippen LogP contribution is -2.28. The van der Waals surface area contributed by atoms with Crippen molar-refractivity contribution in [3.05, 3.63) is 58.9 Å². The summed E-state index contributed by atoms with van der Waals surface area (Å²) in [5.41, 5.74) is 1.85. The van der Waals surface area contributed by atoms with Crippen LogP contribution in [0, 0.1) is 11.3 Å². The van der Waals surface area contributed by atoms with E-state index in [-0.39, 0.29) is 5.91 Å². The van der Waals surface area contributed by atoms with E-state index >= 15 is 0 Å². The van der Waals surface area contributed by atoms with E-state index in [2.05, 4.69) is 26.7 Å². The van der Waals surface area contributed by atoms with Crippen LogP contribution in [0.5, 0.6) is 0 Å². The Kier molecular flexibility index (Phi) is 4.64. The molecule has 0 unspecified atom stereocenters. The van der Waals surface area contributed by atoms with Crippen molar-refractivity contribution >= 4 is 34.2 Å². The zero-order valence-corrected chi connectivity index (χ0v) is 13.4. The van der Waals surface area contributed by atoms with Gasteiger partial charge >= 0.3 is 0 Å². The molecule has 3 aromatic rings. The predicted molar refractivity (Wildman–Crippen MR) is 93.1 cm³/mol. The van der Waals surface area contributed by atoms with E-state index in [1.807, 2.05) is 6.07 Å².